The number of carbonyl (C=O) groups is 2. The number of amides is 1. The Morgan fingerprint density at radius 1 is 1.23 bits per heavy atom. The molecule has 1 amide bonds. The first-order valence-electron chi connectivity index (χ1n) is 8.96. The van der Waals surface area contributed by atoms with Crippen molar-refractivity contribution in [1.82, 2.24) is 5.16 Å². The number of hydrogen-bond donors (Lipinski definition) is 1. The Morgan fingerprint density at radius 2 is 2.03 bits per heavy atom. The van der Waals surface area contributed by atoms with Gasteiger partial charge in [-0.3, -0.25) is 14.5 Å². The fourth-order valence-electron chi connectivity index (χ4n) is 3.43. The number of carbonyl (C=O) groups excluding carboxylic acids is 2. The lowest BCUT2D eigenvalue weighted by Gasteiger charge is -2.26. The Balaban J connectivity index is 1.95. The number of ether oxygens (including phenoxy) is 2. The molecular formula is C21H18N2O6S. The van der Waals surface area contributed by atoms with Crippen LogP contribution in [0.3, 0.4) is 0 Å². The van der Waals surface area contributed by atoms with E-state index in [0.717, 1.165) is 0 Å². The maximum absolute atomic E-state index is 13.3. The molecule has 1 aliphatic rings. The number of ketones is 1. The van der Waals surface area contributed by atoms with Crippen molar-refractivity contribution in [3.05, 3.63) is 69.3 Å². The average molecular weight is 426 g/mol. The number of rotatable bonds is 6. The first-order valence-corrected chi connectivity index (χ1v) is 9.84. The van der Waals surface area contributed by atoms with Gasteiger partial charge in [-0.1, -0.05) is 11.2 Å². The van der Waals surface area contributed by atoms with Crippen molar-refractivity contribution in [2.45, 2.75) is 13.0 Å². The number of thiophene rings is 1. The molecule has 4 rings (SSSR count). The minimum atomic E-state index is -0.985. The van der Waals surface area contributed by atoms with Gasteiger partial charge in [-0.15, -0.1) is 11.3 Å². The second-order valence-corrected chi connectivity index (χ2v) is 7.50. The summed E-state index contributed by atoms with van der Waals surface area (Å²) in [6.07, 6.45) is 0. The van der Waals surface area contributed by atoms with Gasteiger partial charge in [0.2, 0.25) is 5.78 Å². The fraction of sp³-hybridized carbons (Fsp3) is 0.190. The highest BCUT2D eigenvalue weighted by Gasteiger charge is 2.47. The molecule has 1 aliphatic heterocycles. The minimum absolute atomic E-state index is 0.0605. The molecule has 1 N–H and O–H groups in total. The van der Waals surface area contributed by atoms with E-state index in [1.165, 1.54) is 30.5 Å². The smallest absolute Gasteiger partial charge is 0.295 e. The Labute approximate surface area is 175 Å². The number of nitrogens with zero attached hydrogens (tertiary/aromatic N) is 2. The van der Waals surface area contributed by atoms with Crippen molar-refractivity contribution in [1.29, 1.82) is 0 Å². The third-order valence-corrected chi connectivity index (χ3v) is 5.66. The van der Waals surface area contributed by atoms with Gasteiger partial charge in [0.05, 0.1) is 24.7 Å². The van der Waals surface area contributed by atoms with Crippen LogP contribution in [0.2, 0.25) is 0 Å². The van der Waals surface area contributed by atoms with Crippen LogP contribution in [0.5, 0.6) is 11.5 Å². The lowest BCUT2D eigenvalue weighted by Crippen LogP contribution is -2.31. The molecule has 30 heavy (non-hydrogen) atoms. The summed E-state index contributed by atoms with van der Waals surface area (Å²) in [4.78, 5) is 28.0. The van der Waals surface area contributed by atoms with Crippen LogP contribution in [0.25, 0.3) is 0 Å². The molecule has 3 heterocycles. The van der Waals surface area contributed by atoms with Crippen LogP contribution < -0.4 is 14.4 Å². The summed E-state index contributed by atoms with van der Waals surface area (Å²) in [5, 5.41) is 16.4. The Bertz CT molecular complexity index is 1150. The standard InChI is InChI=1S/C21H18N2O6S/c1-11-9-16(22-29-11)23-18(13-10-12(27-2)6-7-14(13)28-3)17(20(25)21(23)26)19(24)15-5-4-8-30-15/h4-10,18,25H,1-3H3/t18-/m0/s1. The highest BCUT2D eigenvalue weighted by atomic mass is 32.1. The zero-order valence-electron chi connectivity index (χ0n) is 16.4. The molecular weight excluding hydrogens is 408 g/mol. The number of aromatic nitrogens is 1. The van der Waals surface area contributed by atoms with E-state index in [0.29, 0.717) is 27.7 Å². The number of methoxy groups -OCH3 is 2. The van der Waals surface area contributed by atoms with Gasteiger partial charge in [0.25, 0.3) is 5.91 Å². The van der Waals surface area contributed by atoms with E-state index in [1.54, 1.807) is 48.7 Å². The summed E-state index contributed by atoms with van der Waals surface area (Å²) in [5.74, 6) is -0.260. The lowest BCUT2D eigenvalue weighted by atomic mass is 9.94. The Hall–Kier alpha value is -3.59. The summed E-state index contributed by atoms with van der Waals surface area (Å²) in [6.45, 7) is 1.68. The Morgan fingerprint density at radius 3 is 2.63 bits per heavy atom. The summed E-state index contributed by atoms with van der Waals surface area (Å²) in [5.41, 5.74) is 0.407. The number of Topliss-reactive ketones (excluding diaryl/α,β-unsaturated/α-hetero) is 1. The SMILES string of the molecule is COc1ccc(OC)c([C@H]2C(C(=O)c3cccs3)=C(O)C(=O)N2c2cc(C)on2)c1. The van der Waals surface area contributed by atoms with Crippen LogP contribution in [-0.2, 0) is 4.79 Å². The largest absolute Gasteiger partial charge is 0.503 e. The van der Waals surface area contributed by atoms with Gasteiger partial charge in [-0.05, 0) is 36.6 Å². The van der Waals surface area contributed by atoms with Gasteiger partial charge < -0.3 is 19.1 Å². The summed E-state index contributed by atoms with van der Waals surface area (Å²) in [6, 6.07) is 8.98. The van der Waals surface area contributed by atoms with Crippen molar-refractivity contribution in [3.63, 3.8) is 0 Å². The molecule has 0 saturated carbocycles. The highest BCUT2D eigenvalue weighted by molar-refractivity contribution is 7.12. The van der Waals surface area contributed by atoms with Crippen LogP contribution >= 0.6 is 11.3 Å². The lowest BCUT2D eigenvalue weighted by molar-refractivity contribution is -0.117. The number of aryl methyl sites for hydroxylation is 1. The highest BCUT2D eigenvalue weighted by Crippen LogP contribution is 2.45. The maximum atomic E-state index is 13.3. The molecule has 0 aliphatic carbocycles. The molecule has 3 aromatic rings. The number of aliphatic hydroxyl groups excluding tert-OH is 1. The molecule has 0 fully saturated rings. The van der Waals surface area contributed by atoms with Crippen LogP contribution in [0.4, 0.5) is 5.82 Å². The van der Waals surface area contributed by atoms with Crippen molar-refractivity contribution in [3.8, 4) is 11.5 Å². The third-order valence-electron chi connectivity index (χ3n) is 4.79. The molecule has 1 aromatic carbocycles. The fourth-order valence-corrected chi connectivity index (χ4v) is 4.11. The van der Waals surface area contributed by atoms with Gasteiger partial charge in [-0.25, -0.2) is 0 Å². The summed E-state index contributed by atoms with van der Waals surface area (Å²) < 4.78 is 15.9. The number of benzene rings is 1. The van der Waals surface area contributed by atoms with E-state index in [2.05, 4.69) is 5.16 Å². The second kappa shape index (κ2) is 7.68. The van der Waals surface area contributed by atoms with Crippen LogP contribution in [-0.4, -0.2) is 36.2 Å². The summed E-state index contributed by atoms with van der Waals surface area (Å²) in [7, 11) is 2.99. The summed E-state index contributed by atoms with van der Waals surface area (Å²) >= 11 is 1.22. The molecule has 0 saturated heterocycles. The number of hydrogen-bond acceptors (Lipinski definition) is 8. The van der Waals surface area contributed by atoms with E-state index < -0.39 is 23.5 Å². The van der Waals surface area contributed by atoms with Crippen molar-refractivity contribution < 1.29 is 28.7 Å². The second-order valence-electron chi connectivity index (χ2n) is 6.55. The molecule has 1 atom stereocenters. The van der Waals surface area contributed by atoms with E-state index in [1.807, 2.05) is 0 Å². The van der Waals surface area contributed by atoms with E-state index in [-0.39, 0.29) is 11.4 Å². The predicted octanol–water partition coefficient (Wildman–Crippen LogP) is 3.84. The van der Waals surface area contributed by atoms with Crippen molar-refractivity contribution in [2.24, 2.45) is 0 Å². The first-order chi connectivity index (χ1) is 14.5. The Kier molecular flexibility index (Phi) is 5.04. The first kappa shape index (κ1) is 19.7. The van der Waals surface area contributed by atoms with E-state index >= 15 is 0 Å². The monoisotopic (exact) mass is 426 g/mol. The topological polar surface area (TPSA) is 102 Å². The van der Waals surface area contributed by atoms with Gasteiger partial charge in [0.15, 0.2) is 11.6 Å². The van der Waals surface area contributed by atoms with E-state index in [9.17, 15) is 14.7 Å². The molecule has 9 heteroatoms. The molecule has 0 radical (unpaired) electrons. The third kappa shape index (κ3) is 3.13. The molecule has 0 spiro atoms. The molecule has 8 nitrogen and oxygen atoms in total. The van der Waals surface area contributed by atoms with Crippen molar-refractivity contribution >= 4 is 28.8 Å². The van der Waals surface area contributed by atoms with Crippen LogP contribution in [0.1, 0.15) is 27.0 Å². The zero-order valence-corrected chi connectivity index (χ0v) is 17.2. The maximum Gasteiger partial charge on any atom is 0.295 e. The van der Waals surface area contributed by atoms with Crippen LogP contribution in [0, 0.1) is 6.92 Å². The molecule has 2 aromatic heterocycles. The van der Waals surface area contributed by atoms with E-state index in [4.69, 9.17) is 14.0 Å². The number of aliphatic hydroxyl groups is 1. The zero-order chi connectivity index (χ0) is 21.4. The normalized spacial score (nSPS) is 16.3. The van der Waals surface area contributed by atoms with Gasteiger partial charge >= 0.3 is 0 Å². The average Bonchev–Trinajstić information content (AvgIpc) is 3.48. The minimum Gasteiger partial charge on any atom is -0.503 e. The van der Waals surface area contributed by atoms with Gasteiger partial charge in [-0.2, -0.15) is 0 Å². The predicted molar refractivity (Wildman–Crippen MR) is 109 cm³/mol. The molecule has 154 valence electrons. The number of anilines is 1. The molecule has 0 bridgehead atoms. The molecule has 0 unspecified atom stereocenters. The quantitative estimate of drug-likeness (QED) is 0.598. The van der Waals surface area contributed by atoms with Gasteiger partial charge in [0, 0.05) is 11.6 Å². The van der Waals surface area contributed by atoms with Gasteiger partial charge in [0.1, 0.15) is 23.3 Å². The van der Waals surface area contributed by atoms with Crippen molar-refractivity contribution in [2.75, 3.05) is 19.1 Å². The van der Waals surface area contributed by atoms with Crippen LogP contribution in [0.15, 0.2) is 57.6 Å².